The number of non-ortho nitro benzene ring substituents is 1. The molecule has 0 saturated carbocycles. The van der Waals surface area contributed by atoms with Crippen molar-refractivity contribution < 1.29 is 22.9 Å². The number of thiazole rings is 1. The van der Waals surface area contributed by atoms with Crippen LogP contribution in [-0.4, -0.2) is 59.2 Å². The molecule has 10 nitrogen and oxygen atoms in total. The normalized spacial score (nSPS) is 19.4. The number of fused-ring (bicyclic) bond motifs is 1. The summed E-state index contributed by atoms with van der Waals surface area (Å²) in [6.07, 6.45) is 6.37. The Balaban J connectivity index is 1.81. The lowest BCUT2D eigenvalue weighted by molar-refractivity contribution is -0.384. The minimum Gasteiger partial charge on any atom is -0.341 e. The number of amides is 2. The molecule has 2 heterocycles. The number of aromatic nitrogens is 1. The molecule has 33 heavy (non-hydrogen) atoms. The monoisotopic (exact) mass is 492 g/mol. The highest BCUT2D eigenvalue weighted by Crippen LogP contribution is 2.23. The average molecular weight is 493 g/mol. The number of likely N-dealkylation sites (tertiary alicyclic amines) is 1. The molecule has 2 atom stereocenters. The van der Waals surface area contributed by atoms with Crippen molar-refractivity contribution in [3.05, 3.63) is 33.1 Å². The Labute approximate surface area is 195 Å². The predicted molar refractivity (Wildman–Crippen MR) is 124 cm³/mol. The molecule has 2 amide bonds. The largest absolute Gasteiger partial charge is 0.341 e. The van der Waals surface area contributed by atoms with E-state index in [4.69, 9.17) is 6.42 Å². The van der Waals surface area contributed by atoms with Crippen LogP contribution >= 0.6 is 11.3 Å². The van der Waals surface area contributed by atoms with Gasteiger partial charge in [-0.1, -0.05) is 31.1 Å². The first-order valence-corrected chi connectivity index (χ1v) is 12.9. The standard InChI is InChI=1S/C21H24N4O6S2/c1-4-7-24-17-6-5-16(25(28)29)9-18(17)32-21(24)22-19(26)12-33(30,31)13-20(27)23-10-14(2)8-15(3)11-23/h1,5-6,9,14-15H,7-8,10-13H2,2-3H3. The van der Waals surface area contributed by atoms with E-state index in [9.17, 15) is 28.1 Å². The highest BCUT2D eigenvalue weighted by atomic mass is 32.2. The van der Waals surface area contributed by atoms with Gasteiger partial charge in [-0.3, -0.25) is 19.7 Å². The minimum atomic E-state index is -4.03. The van der Waals surface area contributed by atoms with Gasteiger partial charge in [-0.2, -0.15) is 4.99 Å². The first kappa shape index (κ1) is 24.6. The number of nitrogens with zero attached hydrogens (tertiary/aromatic N) is 4. The lowest BCUT2D eigenvalue weighted by Gasteiger charge is -2.34. The Hall–Kier alpha value is -3.04. The van der Waals surface area contributed by atoms with Crippen LogP contribution in [0.5, 0.6) is 0 Å². The molecule has 1 aromatic heterocycles. The summed E-state index contributed by atoms with van der Waals surface area (Å²) in [7, 11) is -4.03. The van der Waals surface area contributed by atoms with Crippen LogP contribution in [0.2, 0.25) is 0 Å². The van der Waals surface area contributed by atoms with Crippen LogP contribution in [0.15, 0.2) is 23.2 Å². The molecule has 0 aliphatic carbocycles. The van der Waals surface area contributed by atoms with Crippen LogP contribution in [-0.2, 0) is 26.0 Å². The molecule has 2 unspecified atom stereocenters. The van der Waals surface area contributed by atoms with Gasteiger partial charge in [-0.05, 0) is 24.3 Å². The van der Waals surface area contributed by atoms with Crippen LogP contribution < -0.4 is 4.80 Å². The number of carbonyl (C=O) groups is 2. The van der Waals surface area contributed by atoms with E-state index in [2.05, 4.69) is 10.9 Å². The van der Waals surface area contributed by atoms with Gasteiger partial charge in [0.2, 0.25) is 5.91 Å². The van der Waals surface area contributed by atoms with Crippen molar-refractivity contribution in [1.29, 1.82) is 0 Å². The average Bonchev–Trinajstić information content (AvgIpc) is 3.02. The van der Waals surface area contributed by atoms with Gasteiger partial charge in [0.1, 0.15) is 11.5 Å². The van der Waals surface area contributed by atoms with Crippen molar-refractivity contribution in [3.63, 3.8) is 0 Å². The summed E-state index contributed by atoms with van der Waals surface area (Å²) in [6, 6.07) is 4.15. The lowest BCUT2D eigenvalue weighted by Crippen LogP contribution is -2.45. The molecule has 176 valence electrons. The van der Waals surface area contributed by atoms with Gasteiger partial charge >= 0.3 is 0 Å². The third kappa shape index (κ3) is 6.06. The molecular formula is C21H24N4O6S2. The molecule has 0 bridgehead atoms. The van der Waals surface area contributed by atoms with E-state index < -0.39 is 38.1 Å². The van der Waals surface area contributed by atoms with Gasteiger partial charge in [0.25, 0.3) is 11.6 Å². The molecule has 1 aromatic carbocycles. The maximum absolute atomic E-state index is 12.5. The number of carbonyl (C=O) groups excluding carboxylic acids is 2. The zero-order valence-corrected chi connectivity index (χ0v) is 19.9. The Morgan fingerprint density at radius 2 is 1.94 bits per heavy atom. The summed E-state index contributed by atoms with van der Waals surface area (Å²) in [5, 5.41) is 11.0. The maximum atomic E-state index is 12.5. The maximum Gasteiger partial charge on any atom is 0.270 e. The Morgan fingerprint density at radius 1 is 1.27 bits per heavy atom. The van der Waals surface area contributed by atoms with Crippen molar-refractivity contribution in [2.24, 2.45) is 16.8 Å². The van der Waals surface area contributed by atoms with Crippen LogP contribution in [0.1, 0.15) is 20.3 Å². The second-order valence-electron chi connectivity index (χ2n) is 8.37. The number of nitro benzene ring substituents is 1. The number of sulfone groups is 1. The highest BCUT2D eigenvalue weighted by molar-refractivity contribution is 7.92. The zero-order chi connectivity index (χ0) is 24.3. The Kier molecular flexibility index (Phi) is 7.34. The molecule has 0 radical (unpaired) electrons. The number of piperidine rings is 1. The smallest absolute Gasteiger partial charge is 0.270 e. The quantitative estimate of drug-likeness (QED) is 0.342. The Morgan fingerprint density at radius 3 is 2.55 bits per heavy atom. The van der Waals surface area contributed by atoms with E-state index in [0.717, 1.165) is 17.8 Å². The highest BCUT2D eigenvalue weighted by Gasteiger charge is 2.29. The molecule has 1 aliphatic heterocycles. The second kappa shape index (κ2) is 9.84. The molecule has 1 aliphatic rings. The van der Waals surface area contributed by atoms with Crippen molar-refractivity contribution in [3.8, 4) is 12.3 Å². The second-order valence-corrected chi connectivity index (χ2v) is 11.4. The SMILES string of the molecule is C#CCn1c(=NC(=O)CS(=O)(=O)CC(=O)N2CC(C)CC(C)C2)sc2cc([N+](=O)[O-])ccc21. The van der Waals surface area contributed by atoms with E-state index >= 15 is 0 Å². The summed E-state index contributed by atoms with van der Waals surface area (Å²) in [5.74, 6) is -0.123. The van der Waals surface area contributed by atoms with Crippen LogP contribution in [0.3, 0.4) is 0 Å². The number of hydrogen-bond donors (Lipinski definition) is 0. The van der Waals surface area contributed by atoms with Gasteiger partial charge in [0.05, 0.1) is 21.7 Å². The first-order chi connectivity index (χ1) is 15.5. The van der Waals surface area contributed by atoms with E-state index in [0.29, 0.717) is 23.3 Å². The lowest BCUT2D eigenvalue weighted by atomic mass is 9.92. The topological polar surface area (TPSA) is 132 Å². The summed E-state index contributed by atoms with van der Waals surface area (Å²) in [4.78, 5) is 41.0. The number of terminal acetylenes is 1. The van der Waals surface area contributed by atoms with Gasteiger partial charge in [-0.25, -0.2) is 8.42 Å². The molecule has 12 heteroatoms. The van der Waals surface area contributed by atoms with Gasteiger partial charge in [-0.15, -0.1) is 6.42 Å². The molecular weight excluding hydrogens is 468 g/mol. The number of nitro groups is 1. The van der Waals surface area contributed by atoms with Crippen LogP contribution in [0, 0.1) is 34.3 Å². The van der Waals surface area contributed by atoms with Crippen molar-refractivity contribution in [2.75, 3.05) is 24.6 Å². The van der Waals surface area contributed by atoms with E-state index in [1.165, 1.54) is 27.7 Å². The molecule has 1 fully saturated rings. The van der Waals surface area contributed by atoms with E-state index in [1.54, 1.807) is 0 Å². The van der Waals surface area contributed by atoms with Crippen molar-refractivity contribution in [2.45, 2.75) is 26.8 Å². The molecule has 0 N–H and O–H groups in total. The molecule has 0 spiro atoms. The zero-order valence-electron chi connectivity index (χ0n) is 18.3. The number of rotatable bonds is 6. The summed E-state index contributed by atoms with van der Waals surface area (Å²) >= 11 is 0.992. The fourth-order valence-corrected chi connectivity index (χ4v) is 6.21. The van der Waals surface area contributed by atoms with Crippen molar-refractivity contribution >= 4 is 48.9 Å². The summed E-state index contributed by atoms with van der Waals surface area (Å²) in [6.45, 7) is 5.06. The first-order valence-electron chi connectivity index (χ1n) is 10.3. The molecule has 2 aromatic rings. The minimum absolute atomic E-state index is 0.0422. The number of benzene rings is 1. The fraction of sp³-hybridized carbons (Fsp3) is 0.476. The van der Waals surface area contributed by atoms with Crippen LogP contribution in [0.25, 0.3) is 10.2 Å². The predicted octanol–water partition coefficient (Wildman–Crippen LogP) is 1.59. The van der Waals surface area contributed by atoms with Gasteiger partial charge < -0.3 is 9.47 Å². The summed E-state index contributed by atoms with van der Waals surface area (Å²) < 4.78 is 27.0. The molecule has 1 saturated heterocycles. The number of hydrogen-bond acceptors (Lipinski definition) is 7. The van der Waals surface area contributed by atoms with E-state index in [-0.39, 0.29) is 28.9 Å². The van der Waals surface area contributed by atoms with Crippen molar-refractivity contribution in [1.82, 2.24) is 9.47 Å². The van der Waals surface area contributed by atoms with Crippen LogP contribution in [0.4, 0.5) is 5.69 Å². The molecule has 3 rings (SSSR count). The van der Waals surface area contributed by atoms with Gasteiger partial charge in [0.15, 0.2) is 14.6 Å². The Bertz CT molecular complexity index is 1310. The third-order valence-electron chi connectivity index (χ3n) is 5.26. The fourth-order valence-electron chi connectivity index (χ4n) is 4.03. The third-order valence-corrected chi connectivity index (χ3v) is 7.67. The summed E-state index contributed by atoms with van der Waals surface area (Å²) in [5.41, 5.74) is 0.415. The van der Waals surface area contributed by atoms with E-state index in [1.807, 2.05) is 13.8 Å². The van der Waals surface area contributed by atoms with Gasteiger partial charge in [0, 0.05) is 25.2 Å².